The highest BCUT2D eigenvalue weighted by Crippen LogP contribution is 2.26. The summed E-state index contributed by atoms with van der Waals surface area (Å²) < 4.78 is 23.1. The fourth-order valence-electron chi connectivity index (χ4n) is 1.84. The van der Waals surface area contributed by atoms with Crippen molar-refractivity contribution in [3.8, 4) is 6.07 Å². The fourth-order valence-corrected chi connectivity index (χ4v) is 3.32. The minimum Gasteiger partial charge on any atom is -0.242 e. The average molecular weight is 294 g/mol. The first-order chi connectivity index (χ1) is 8.75. The zero-order chi connectivity index (χ0) is 14.3. The molecule has 0 bridgehead atoms. The van der Waals surface area contributed by atoms with Crippen molar-refractivity contribution in [1.29, 1.82) is 5.26 Å². The van der Waals surface area contributed by atoms with Gasteiger partial charge < -0.3 is 0 Å². The maximum Gasteiger partial charge on any atom is 0.166 e. The third-order valence-corrected chi connectivity index (χ3v) is 5.96. The van der Waals surface area contributed by atoms with E-state index in [0.717, 1.165) is 27.0 Å². The third-order valence-electron chi connectivity index (χ3n) is 3.16. The molecule has 0 aliphatic rings. The predicted octanol–water partition coefficient (Wildman–Crippen LogP) is 2.47. The SMILES string of the molecule is Cc1nc2ccc(CC(C)(C#N)S(C)(=O)=O)cc2s1. The topological polar surface area (TPSA) is 70.8 Å². The van der Waals surface area contributed by atoms with E-state index < -0.39 is 14.6 Å². The van der Waals surface area contributed by atoms with Gasteiger partial charge in [-0.2, -0.15) is 5.26 Å². The van der Waals surface area contributed by atoms with Gasteiger partial charge in [0.1, 0.15) is 0 Å². The normalized spacial score (nSPS) is 15.1. The third kappa shape index (κ3) is 2.62. The first-order valence-electron chi connectivity index (χ1n) is 5.72. The molecule has 19 heavy (non-hydrogen) atoms. The lowest BCUT2D eigenvalue weighted by Crippen LogP contribution is -2.35. The van der Waals surface area contributed by atoms with Crippen LogP contribution in [0.15, 0.2) is 18.2 Å². The minimum absolute atomic E-state index is 0.190. The van der Waals surface area contributed by atoms with E-state index in [1.54, 1.807) is 11.3 Å². The van der Waals surface area contributed by atoms with Gasteiger partial charge in [-0.05, 0) is 31.5 Å². The van der Waals surface area contributed by atoms with Crippen molar-refractivity contribution in [3.05, 3.63) is 28.8 Å². The number of nitriles is 1. The van der Waals surface area contributed by atoms with Crippen LogP contribution in [-0.4, -0.2) is 24.4 Å². The number of aryl methyl sites for hydroxylation is 1. The summed E-state index contributed by atoms with van der Waals surface area (Å²) in [5, 5.41) is 10.1. The molecular formula is C13H14N2O2S2. The Bertz CT molecular complexity index is 772. The van der Waals surface area contributed by atoms with Crippen LogP contribution < -0.4 is 0 Å². The van der Waals surface area contributed by atoms with E-state index in [1.807, 2.05) is 31.2 Å². The van der Waals surface area contributed by atoms with Crippen molar-refractivity contribution in [2.24, 2.45) is 0 Å². The van der Waals surface area contributed by atoms with E-state index in [-0.39, 0.29) is 6.42 Å². The molecular weight excluding hydrogens is 280 g/mol. The van der Waals surface area contributed by atoms with Gasteiger partial charge in [-0.3, -0.25) is 0 Å². The standard InChI is InChI=1S/C13H14N2O2S2/c1-9-15-11-5-4-10(6-12(11)18-9)7-13(2,8-14)19(3,16)17/h4-6H,7H2,1-3H3. The number of sulfone groups is 1. The molecule has 0 amide bonds. The van der Waals surface area contributed by atoms with E-state index in [0.29, 0.717) is 0 Å². The number of fused-ring (bicyclic) bond motifs is 1. The van der Waals surface area contributed by atoms with Gasteiger partial charge in [0.05, 0.1) is 21.3 Å². The van der Waals surface area contributed by atoms with Gasteiger partial charge in [0.15, 0.2) is 14.6 Å². The van der Waals surface area contributed by atoms with Crippen LogP contribution in [0.4, 0.5) is 0 Å². The summed E-state index contributed by atoms with van der Waals surface area (Å²) in [4.78, 5) is 4.35. The second-order valence-electron chi connectivity index (χ2n) is 4.83. The van der Waals surface area contributed by atoms with Gasteiger partial charge in [0, 0.05) is 12.7 Å². The van der Waals surface area contributed by atoms with Gasteiger partial charge >= 0.3 is 0 Å². The van der Waals surface area contributed by atoms with Crippen molar-refractivity contribution in [2.75, 3.05) is 6.26 Å². The predicted molar refractivity (Wildman–Crippen MR) is 76.9 cm³/mol. The molecule has 0 fully saturated rings. The molecule has 0 saturated heterocycles. The molecule has 0 spiro atoms. The summed E-state index contributed by atoms with van der Waals surface area (Å²) in [6.07, 6.45) is 1.29. The Balaban J connectivity index is 2.43. The van der Waals surface area contributed by atoms with Crippen LogP contribution in [0.5, 0.6) is 0 Å². The van der Waals surface area contributed by atoms with E-state index in [1.165, 1.54) is 6.92 Å². The molecule has 1 unspecified atom stereocenters. The number of benzene rings is 1. The van der Waals surface area contributed by atoms with E-state index >= 15 is 0 Å². The highest BCUT2D eigenvalue weighted by molar-refractivity contribution is 7.92. The highest BCUT2D eigenvalue weighted by Gasteiger charge is 2.36. The molecule has 0 N–H and O–H groups in total. The number of nitrogens with zero attached hydrogens (tertiary/aromatic N) is 2. The van der Waals surface area contributed by atoms with Crippen LogP contribution in [-0.2, 0) is 16.3 Å². The molecule has 0 saturated carbocycles. The summed E-state index contributed by atoms with van der Waals surface area (Å²) in [7, 11) is -3.43. The highest BCUT2D eigenvalue weighted by atomic mass is 32.2. The first kappa shape index (κ1) is 14.0. The molecule has 4 nitrogen and oxygen atoms in total. The van der Waals surface area contributed by atoms with Gasteiger partial charge in [-0.25, -0.2) is 13.4 Å². The Morgan fingerprint density at radius 3 is 2.74 bits per heavy atom. The molecule has 1 atom stereocenters. The van der Waals surface area contributed by atoms with E-state index in [4.69, 9.17) is 5.26 Å². The monoisotopic (exact) mass is 294 g/mol. The number of hydrogen-bond acceptors (Lipinski definition) is 5. The lowest BCUT2D eigenvalue weighted by atomic mass is 10.0. The zero-order valence-corrected chi connectivity index (χ0v) is 12.6. The van der Waals surface area contributed by atoms with Crippen molar-refractivity contribution < 1.29 is 8.42 Å². The Labute approximate surface area is 116 Å². The Morgan fingerprint density at radius 2 is 2.16 bits per heavy atom. The summed E-state index contributed by atoms with van der Waals surface area (Å²) in [6.45, 7) is 3.39. The average Bonchev–Trinajstić information content (AvgIpc) is 2.66. The molecule has 1 aromatic carbocycles. The van der Waals surface area contributed by atoms with Crippen molar-refractivity contribution in [1.82, 2.24) is 4.98 Å². The number of hydrogen-bond donors (Lipinski definition) is 0. The summed E-state index contributed by atoms with van der Waals surface area (Å²) in [6, 6.07) is 7.54. The van der Waals surface area contributed by atoms with E-state index in [9.17, 15) is 8.42 Å². The molecule has 0 aliphatic carbocycles. The number of rotatable bonds is 3. The smallest absolute Gasteiger partial charge is 0.166 e. The van der Waals surface area contributed by atoms with Crippen molar-refractivity contribution >= 4 is 31.4 Å². The molecule has 100 valence electrons. The largest absolute Gasteiger partial charge is 0.242 e. The van der Waals surface area contributed by atoms with Gasteiger partial charge in [0.25, 0.3) is 0 Å². The minimum atomic E-state index is -3.43. The maximum atomic E-state index is 11.7. The summed E-state index contributed by atoms with van der Waals surface area (Å²) >= 11 is 1.56. The van der Waals surface area contributed by atoms with Gasteiger partial charge in [-0.1, -0.05) is 6.07 Å². The second-order valence-corrected chi connectivity index (χ2v) is 8.51. The maximum absolute atomic E-state index is 11.7. The fraction of sp³-hybridized carbons (Fsp3) is 0.385. The molecule has 1 aromatic heterocycles. The van der Waals surface area contributed by atoms with Gasteiger partial charge in [-0.15, -0.1) is 11.3 Å². The first-order valence-corrected chi connectivity index (χ1v) is 8.43. The Morgan fingerprint density at radius 1 is 1.47 bits per heavy atom. The molecule has 2 aromatic rings. The lowest BCUT2D eigenvalue weighted by Gasteiger charge is -2.19. The Hall–Kier alpha value is -1.45. The van der Waals surface area contributed by atoms with Crippen LogP contribution in [0, 0.1) is 18.3 Å². The molecule has 0 radical (unpaired) electrons. The lowest BCUT2D eigenvalue weighted by molar-refractivity contribution is 0.570. The molecule has 0 aliphatic heterocycles. The number of thiazole rings is 1. The molecule has 1 heterocycles. The zero-order valence-electron chi connectivity index (χ0n) is 11.0. The van der Waals surface area contributed by atoms with Crippen molar-refractivity contribution in [2.45, 2.75) is 25.0 Å². The van der Waals surface area contributed by atoms with Crippen molar-refractivity contribution in [3.63, 3.8) is 0 Å². The Kier molecular flexibility index (Phi) is 3.37. The number of aromatic nitrogens is 1. The van der Waals surface area contributed by atoms with Gasteiger partial charge in [0.2, 0.25) is 0 Å². The van der Waals surface area contributed by atoms with E-state index in [2.05, 4.69) is 4.98 Å². The van der Waals surface area contributed by atoms with Crippen LogP contribution in [0.1, 0.15) is 17.5 Å². The van der Waals surface area contributed by atoms with Crippen LogP contribution in [0.25, 0.3) is 10.2 Å². The van der Waals surface area contributed by atoms with Crippen LogP contribution >= 0.6 is 11.3 Å². The second kappa shape index (κ2) is 4.58. The van der Waals surface area contributed by atoms with Crippen LogP contribution in [0.3, 0.4) is 0 Å². The summed E-state index contributed by atoms with van der Waals surface area (Å²) in [5.74, 6) is 0. The van der Waals surface area contributed by atoms with Crippen LogP contribution in [0.2, 0.25) is 0 Å². The molecule has 6 heteroatoms. The summed E-state index contributed by atoms with van der Waals surface area (Å²) in [5.41, 5.74) is 1.75. The quantitative estimate of drug-likeness (QED) is 0.872. The molecule has 2 rings (SSSR count).